The molecule has 3 rings (SSSR count). The number of carbonyl (C=O) groups is 1. The van der Waals surface area contributed by atoms with Crippen LogP contribution in [0.2, 0.25) is 0 Å². The van der Waals surface area contributed by atoms with Gasteiger partial charge in [-0.2, -0.15) is 11.8 Å². The normalized spacial score (nSPS) is 16.1. The molecule has 1 aliphatic rings. The molecule has 0 saturated carbocycles. The molecule has 1 aliphatic heterocycles. The van der Waals surface area contributed by atoms with Gasteiger partial charge in [-0.15, -0.1) is 24.8 Å². The summed E-state index contributed by atoms with van der Waals surface area (Å²) in [6, 6.07) is 10.8. The number of hydrogen-bond donors (Lipinski definition) is 2. The fraction of sp³-hybridized carbons (Fsp3) is 0.474. The second kappa shape index (κ2) is 13.0. The third kappa shape index (κ3) is 8.13. The molecular weight excluding hydrogens is 403 g/mol. The predicted octanol–water partition coefficient (Wildman–Crippen LogP) is 3.07. The molecule has 1 aromatic heterocycles. The molecule has 1 amide bonds. The summed E-state index contributed by atoms with van der Waals surface area (Å²) in [5.41, 5.74) is 1.36. The van der Waals surface area contributed by atoms with Crippen molar-refractivity contribution in [3.05, 3.63) is 54.1 Å². The number of imidazole rings is 1. The largest absolute Gasteiger partial charge is 0.349 e. The maximum atomic E-state index is 12.1. The highest BCUT2D eigenvalue weighted by Gasteiger charge is 2.16. The summed E-state index contributed by atoms with van der Waals surface area (Å²) >= 11 is 1.91. The lowest BCUT2D eigenvalue weighted by molar-refractivity contribution is -0.121. The zero-order chi connectivity index (χ0) is 17.3. The molecule has 2 N–H and O–H groups in total. The Hall–Kier alpha value is -1.21. The minimum Gasteiger partial charge on any atom is -0.349 e. The van der Waals surface area contributed by atoms with Gasteiger partial charge in [0, 0.05) is 49.5 Å². The smallest absolute Gasteiger partial charge is 0.221 e. The Labute approximate surface area is 177 Å². The first-order valence-electron chi connectivity index (χ1n) is 8.93. The number of amides is 1. The Kier molecular flexibility index (Phi) is 11.5. The predicted molar refractivity (Wildman–Crippen MR) is 117 cm³/mol. The Morgan fingerprint density at radius 1 is 1.30 bits per heavy atom. The van der Waals surface area contributed by atoms with E-state index in [2.05, 4.69) is 44.5 Å². The van der Waals surface area contributed by atoms with Gasteiger partial charge in [-0.1, -0.05) is 30.3 Å². The average molecular weight is 431 g/mol. The van der Waals surface area contributed by atoms with Crippen molar-refractivity contribution in [3.63, 3.8) is 0 Å². The van der Waals surface area contributed by atoms with Crippen LogP contribution in [0.1, 0.15) is 24.2 Å². The molecule has 5 nitrogen and oxygen atoms in total. The monoisotopic (exact) mass is 430 g/mol. The summed E-state index contributed by atoms with van der Waals surface area (Å²) in [6.45, 7) is 2.41. The number of halogens is 2. The van der Waals surface area contributed by atoms with Crippen molar-refractivity contribution < 1.29 is 4.79 Å². The molecular formula is C19H28Cl2N4OS. The van der Waals surface area contributed by atoms with Crippen LogP contribution >= 0.6 is 36.6 Å². The molecule has 2 aromatic rings. The third-order valence-corrected chi connectivity index (χ3v) is 5.51. The number of rotatable bonds is 8. The first-order valence-corrected chi connectivity index (χ1v) is 10.1. The first kappa shape index (κ1) is 23.8. The maximum Gasteiger partial charge on any atom is 0.221 e. The Morgan fingerprint density at radius 2 is 2.11 bits per heavy atom. The minimum absolute atomic E-state index is 0. The lowest BCUT2D eigenvalue weighted by Crippen LogP contribution is -2.41. The van der Waals surface area contributed by atoms with E-state index in [4.69, 9.17) is 0 Å². The van der Waals surface area contributed by atoms with Crippen LogP contribution in [-0.2, 0) is 24.3 Å². The lowest BCUT2D eigenvalue weighted by atomic mass is 10.1. The van der Waals surface area contributed by atoms with Gasteiger partial charge in [0.15, 0.2) is 0 Å². The summed E-state index contributed by atoms with van der Waals surface area (Å²) in [7, 11) is 0. The van der Waals surface area contributed by atoms with Crippen LogP contribution in [0, 0.1) is 0 Å². The summed E-state index contributed by atoms with van der Waals surface area (Å²) in [5, 5.41) is 6.40. The highest BCUT2D eigenvalue weighted by Crippen LogP contribution is 2.10. The Balaban J connectivity index is 0.00000182. The second-order valence-corrected chi connectivity index (χ2v) is 7.48. The summed E-state index contributed by atoms with van der Waals surface area (Å²) < 4.78 is 2.14. The van der Waals surface area contributed by atoms with Gasteiger partial charge in [-0.25, -0.2) is 4.98 Å². The number of nitrogens with zero attached hydrogens (tertiary/aromatic N) is 2. The van der Waals surface area contributed by atoms with Gasteiger partial charge in [0.2, 0.25) is 5.91 Å². The fourth-order valence-corrected chi connectivity index (χ4v) is 3.98. The van der Waals surface area contributed by atoms with Gasteiger partial charge in [0.25, 0.3) is 0 Å². The van der Waals surface area contributed by atoms with Gasteiger partial charge in [-0.3, -0.25) is 4.79 Å². The van der Waals surface area contributed by atoms with Gasteiger partial charge < -0.3 is 15.2 Å². The highest BCUT2D eigenvalue weighted by atomic mass is 35.5. The molecule has 27 heavy (non-hydrogen) atoms. The van der Waals surface area contributed by atoms with E-state index >= 15 is 0 Å². The van der Waals surface area contributed by atoms with E-state index in [1.54, 1.807) is 0 Å². The van der Waals surface area contributed by atoms with E-state index < -0.39 is 0 Å². The summed E-state index contributed by atoms with van der Waals surface area (Å²) in [4.78, 5) is 16.5. The number of benzene rings is 1. The zero-order valence-electron chi connectivity index (χ0n) is 15.3. The summed E-state index contributed by atoms with van der Waals surface area (Å²) in [6.07, 6.45) is 6.46. The van der Waals surface area contributed by atoms with Crippen LogP contribution in [-0.4, -0.2) is 39.6 Å². The molecule has 1 saturated heterocycles. The van der Waals surface area contributed by atoms with E-state index in [1.165, 1.54) is 5.56 Å². The van der Waals surface area contributed by atoms with Crippen LogP contribution in [0.3, 0.4) is 0 Å². The molecule has 1 unspecified atom stereocenters. The van der Waals surface area contributed by atoms with E-state index in [9.17, 15) is 4.79 Å². The van der Waals surface area contributed by atoms with Crippen molar-refractivity contribution in [2.45, 2.75) is 38.4 Å². The molecule has 0 bridgehead atoms. The SMILES string of the molecule is Cl.Cl.O=C(CC1CSCCN1)NCc1nccn1CCCc1ccccc1. The average Bonchev–Trinajstić information content (AvgIpc) is 3.09. The Morgan fingerprint density at radius 3 is 2.85 bits per heavy atom. The number of nitrogens with one attached hydrogen (secondary N) is 2. The van der Waals surface area contributed by atoms with Crippen molar-refractivity contribution in [3.8, 4) is 0 Å². The molecule has 8 heteroatoms. The number of carbonyl (C=O) groups excluding carboxylic acids is 1. The molecule has 1 fully saturated rings. The fourth-order valence-electron chi connectivity index (χ4n) is 3.03. The minimum atomic E-state index is 0. The lowest BCUT2D eigenvalue weighted by Gasteiger charge is -2.22. The van der Waals surface area contributed by atoms with E-state index in [1.807, 2.05) is 30.2 Å². The number of aryl methyl sites for hydroxylation is 2. The standard InChI is InChI=1S/C19H26N4OS.2ClH/c24-19(13-17-15-25-12-9-20-17)22-14-18-21-8-11-23(18)10-4-7-16-5-2-1-3-6-16;;/h1-3,5-6,8,11,17,20H,4,7,9-10,12-15H2,(H,22,24);2*1H. The third-order valence-electron chi connectivity index (χ3n) is 4.38. The Bertz CT molecular complexity index is 663. The van der Waals surface area contributed by atoms with Crippen molar-refractivity contribution in [1.82, 2.24) is 20.2 Å². The first-order chi connectivity index (χ1) is 12.3. The topological polar surface area (TPSA) is 59.0 Å². The number of hydrogen-bond acceptors (Lipinski definition) is 4. The van der Waals surface area contributed by atoms with Gasteiger partial charge in [0.05, 0.1) is 6.54 Å². The summed E-state index contributed by atoms with van der Waals surface area (Å²) in [5.74, 6) is 3.17. The molecule has 0 aliphatic carbocycles. The van der Waals surface area contributed by atoms with E-state index in [0.29, 0.717) is 19.0 Å². The van der Waals surface area contributed by atoms with Crippen molar-refractivity contribution in [2.24, 2.45) is 0 Å². The number of aromatic nitrogens is 2. The second-order valence-electron chi connectivity index (χ2n) is 6.33. The maximum absolute atomic E-state index is 12.1. The molecule has 0 spiro atoms. The molecule has 1 atom stereocenters. The van der Waals surface area contributed by atoms with Crippen LogP contribution < -0.4 is 10.6 Å². The van der Waals surface area contributed by atoms with Crippen molar-refractivity contribution >= 4 is 42.5 Å². The van der Waals surface area contributed by atoms with E-state index in [-0.39, 0.29) is 30.7 Å². The molecule has 0 radical (unpaired) electrons. The van der Waals surface area contributed by atoms with Crippen LogP contribution in [0.5, 0.6) is 0 Å². The van der Waals surface area contributed by atoms with Gasteiger partial charge in [0.1, 0.15) is 5.82 Å². The van der Waals surface area contributed by atoms with E-state index in [0.717, 1.165) is 43.3 Å². The van der Waals surface area contributed by atoms with Gasteiger partial charge >= 0.3 is 0 Å². The van der Waals surface area contributed by atoms with Crippen LogP contribution in [0.25, 0.3) is 0 Å². The molecule has 1 aromatic carbocycles. The zero-order valence-corrected chi connectivity index (χ0v) is 17.8. The number of thioether (sulfide) groups is 1. The van der Waals surface area contributed by atoms with Crippen LogP contribution in [0.4, 0.5) is 0 Å². The highest BCUT2D eigenvalue weighted by molar-refractivity contribution is 7.99. The van der Waals surface area contributed by atoms with Gasteiger partial charge in [-0.05, 0) is 18.4 Å². The molecule has 150 valence electrons. The quantitative estimate of drug-likeness (QED) is 0.675. The van der Waals surface area contributed by atoms with Crippen LogP contribution in [0.15, 0.2) is 42.7 Å². The molecule has 2 heterocycles. The van der Waals surface area contributed by atoms with Crippen molar-refractivity contribution in [1.29, 1.82) is 0 Å². The van der Waals surface area contributed by atoms with Crippen molar-refractivity contribution in [2.75, 3.05) is 18.1 Å².